The molecule has 3 rings (SSSR count). The Morgan fingerprint density at radius 3 is 2.78 bits per heavy atom. The third kappa shape index (κ3) is 4.95. The van der Waals surface area contributed by atoms with Gasteiger partial charge in [-0.2, -0.15) is 0 Å². The van der Waals surface area contributed by atoms with E-state index in [1.165, 1.54) is 6.07 Å². The van der Waals surface area contributed by atoms with Crippen LogP contribution in [0.4, 0.5) is 0 Å². The van der Waals surface area contributed by atoms with Crippen LogP contribution in [0.2, 0.25) is 0 Å². The summed E-state index contributed by atoms with van der Waals surface area (Å²) < 4.78 is 28.3. The molecule has 1 aromatic heterocycles. The zero-order chi connectivity index (χ0) is 19.6. The molecule has 1 fully saturated rings. The SMILES string of the molecule is CCc1ccc2c(CN(C)CC(=O)NC3CCS(=O)(=O)C3)cc(=O)oc2c1. The second kappa shape index (κ2) is 7.82. The summed E-state index contributed by atoms with van der Waals surface area (Å²) in [6.45, 7) is 2.56. The van der Waals surface area contributed by atoms with Crippen molar-refractivity contribution in [3.63, 3.8) is 0 Å². The number of fused-ring (bicyclic) bond motifs is 1. The number of carbonyl (C=O) groups is 1. The summed E-state index contributed by atoms with van der Waals surface area (Å²) in [4.78, 5) is 25.9. The molecule has 1 amide bonds. The van der Waals surface area contributed by atoms with Crippen LogP contribution in [-0.4, -0.2) is 50.4 Å². The Balaban J connectivity index is 1.68. The molecular formula is C19H24N2O5S. The number of aryl methyl sites for hydroxylation is 1. The van der Waals surface area contributed by atoms with E-state index in [-0.39, 0.29) is 30.0 Å². The van der Waals surface area contributed by atoms with E-state index in [0.29, 0.717) is 18.5 Å². The Morgan fingerprint density at radius 2 is 2.11 bits per heavy atom. The highest BCUT2D eigenvalue weighted by Crippen LogP contribution is 2.20. The first-order chi connectivity index (χ1) is 12.8. The molecule has 1 unspecified atom stereocenters. The number of amides is 1. The van der Waals surface area contributed by atoms with Crippen molar-refractivity contribution in [1.29, 1.82) is 0 Å². The van der Waals surface area contributed by atoms with Gasteiger partial charge in [0.25, 0.3) is 0 Å². The number of hydrogen-bond acceptors (Lipinski definition) is 6. The highest BCUT2D eigenvalue weighted by atomic mass is 32.2. The van der Waals surface area contributed by atoms with Crippen LogP contribution in [0.15, 0.2) is 33.5 Å². The third-order valence-corrected chi connectivity index (χ3v) is 6.52. The topological polar surface area (TPSA) is 96.7 Å². The second-order valence-electron chi connectivity index (χ2n) is 7.11. The Hall–Kier alpha value is -2.19. The number of likely N-dealkylation sites (N-methyl/N-ethyl adjacent to an activating group) is 1. The van der Waals surface area contributed by atoms with Crippen LogP contribution in [0, 0.1) is 0 Å². The zero-order valence-electron chi connectivity index (χ0n) is 15.5. The average Bonchev–Trinajstić information content (AvgIpc) is 2.92. The van der Waals surface area contributed by atoms with E-state index in [2.05, 4.69) is 5.32 Å². The maximum Gasteiger partial charge on any atom is 0.336 e. The van der Waals surface area contributed by atoms with Crippen molar-refractivity contribution in [2.45, 2.75) is 32.4 Å². The predicted molar refractivity (Wildman–Crippen MR) is 103 cm³/mol. The largest absolute Gasteiger partial charge is 0.423 e. The average molecular weight is 392 g/mol. The molecule has 0 bridgehead atoms. The number of rotatable bonds is 6. The molecule has 2 aromatic rings. The summed E-state index contributed by atoms with van der Waals surface area (Å²) in [5.41, 5.74) is 2.01. The van der Waals surface area contributed by atoms with Crippen molar-refractivity contribution in [3.8, 4) is 0 Å². The molecule has 1 saturated heterocycles. The molecule has 1 aliphatic heterocycles. The molecule has 0 radical (unpaired) electrons. The van der Waals surface area contributed by atoms with Gasteiger partial charge >= 0.3 is 5.63 Å². The van der Waals surface area contributed by atoms with E-state index in [4.69, 9.17) is 4.42 Å². The maximum atomic E-state index is 12.2. The molecule has 0 aliphatic carbocycles. The summed E-state index contributed by atoms with van der Waals surface area (Å²) >= 11 is 0. The van der Waals surface area contributed by atoms with Crippen molar-refractivity contribution in [2.24, 2.45) is 0 Å². The molecule has 146 valence electrons. The van der Waals surface area contributed by atoms with Gasteiger partial charge in [0.1, 0.15) is 5.58 Å². The van der Waals surface area contributed by atoms with Crippen LogP contribution in [0.5, 0.6) is 0 Å². The second-order valence-corrected chi connectivity index (χ2v) is 9.34. The maximum absolute atomic E-state index is 12.2. The van der Waals surface area contributed by atoms with Crippen LogP contribution in [0.25, 0.3) is 11.0 Å². The fourth-order valence-electron chi connectivity index (χ4n) is 3.40. The highest BCUT2D eigenvalue weighted by Gasteiger charge is 2.29. The molecule has 7 nitrogen and oxygen atoms in total. The van der Waals surface area contributed by atoms with Crippen molar-refractivity contribution >= 4 is 26.7 Å². The standard InChI is InChI=1S/C19H24N2O5S/c1-3-13-4-5-16-14(9-19(23)26-17(16)8-13)10-21(2)11-18(22)20-15-6-7-27(24,25)12-15/h4-5,8-9,15H,3,6-7,10-12H2,1-2H3,(H,20,22). The summed E-state index contributed by atoms with van der Waals surface area (Å²) in [6, 6.07) is 6.94. The van der Waals surface area contributed by atoms with E-state index in [9.17, 15) is 18.0 Å². The van der Waals surface area contributed by atoms with Crippen molar-refractivity contribution in [2.75, 3.05) is 25.1 Å². The number of sulfone groups is 1. The van der Waals surface area contributed by atoms with Gasteiger partial charge in [0, 0.05) is 24.0 Å². The lowest BCUT2D eigenvalue weighted by Crippen LogP contribution is -2.41. The number of hydrogen-bond donors (Lipinski definition) is 1. The molecule has 1 N–H and O–H groups in total. The summed E-state index contributed by atoms with van der Waals surface area (Å²) in [5.74, 6) is -0.0912. The summed E-state index contributed by atoms with van der Waals surface area (Å²) in [5, 5.41) is 3.62. The molecule has 0 saturated carbocycles. The minimum Gasteiger partial charge on any atom is -0.423 e. The van der Waals surface area contributed by atoms with Gasteiger partial charge in [-0.15, -0.1) is 0 Å². The third-order valence-electron chi connectivity index (χ3n) is 4.75. The lowest BCUT2D eigenvalue weighted by Gasteiger charge is -2.19. The molecule has 1 aromatic carbocycles. The van der Waals surface area contributed by atoms with E-state index in [1.54, 1.807) is 11.9 Å². The van der Waals surface area contributed by atoms with Gasteiger partial charge in [-0.3, -0.25) is 9.69 Å². The van der Waals surface area contributed by atoms with Gasteiger partial charge in [-0.25, -0.2) is 13.2 Å². The molecule has 1 aliphatic rings. The van der Waals surface area contributed by atoms with Crippen LogP contribution in [-0.2, 0) is 27.6 Å². The molecule has 8 heteroatoms. The van der Waals surface area contributed by atoms with Crippen LogP contribution < -0.4 is 10.9 Å². The van der Waals surface area contributed by atoms with Crippen LogP contribution in [0.1, 0.15) is 24.5 Å². The quantitative estimate of drug-likeness (QED) is 0.739. The van der Waals surface area contributed by atoms with Gasteiger partial charge in [0.15, 0.2) is 9.84 Å². The Bertz CT molecular complexity index is 1010. The number of carbonyl (C=O) groups excluding carboxylic acids is 1. The Kier molecular flexibility index (Phi) is 5.67. The lowest BCUT2D eigenvalue weighted by atomic mass is 10.1. The van der Waals surface area contributed by atoms with Gasteiger partial charge in [-0.1, -0.05) is 19.1 Å². The smallest absolute Gasteiger partial charge is 0.336 e. The first kappa shape index (κ1) is 19.6. The Morgan fingerprint density at radius 1 is 1.33 bits per heavy atom. The van der Waals surface area contributed by atoms with Crippen LogP contribution in [0.3, 0.4) is 0 Å². The molecule has 0 spiro atoms. The first-order valence-electron chi connectivity index (χ1n) is 9.00. The minimum absolute atomic E-state index is 0.00653. The Labute approximate surface area is 158 Å². The summed E-state index contributed by atoms with van der Waals surface area (Å²) in [7, 11) is -1.24. The predicted octanol–water partition coefficient (Wildman–Crippen LogP) is 1.09. The normalized spacial score (nSPS) is 18.9. The number of nitrogens with zero attached hydrogens (tertiary/aromatic N) is 1. The van der Waals surface area contributed by atoms with Gasteiger partial charge in [-0.05, 0) is 37.1 Å². The van der Waals surface area contributed by atoms with Gasteiger partial charge in [0.2, 0.25) is 5.91 Å². The van der Waals surface area contributed by atoms with Gasteiger partial charge in [0.05, 0.1) is 18.1 Å². The highest BCUT2D eigenvalue weighted by molar-refractivity contribution is 7.91. The van der Waals surface area contributed by atoms with Crippen LogP contribution >= 0.6 is 0 Å². The van der Waals surface area contributed by atoms with Crippen molar-refractivity contribution < 1.29 is 17.6 Å². The van der Waals surface area contributed by atoms with E-state index >= 15 is 0 Å². The van der Waals surface area contributed by atoms with E-state index < -0.39 is 15.5 Å². The molecule has 2 heterocycles. The van der Waals surface area contributed by atoms with Gasteiger partial charge < -0.3 is 9.73 Å². The first-order valence-corrected chi connectivity index (χ1v) is 10.8. The zero-order valence-corrected chi connectivity index (χ0v) is 16.3. The molecular weight excluding hydrogens is 368 g/mol. The lowest BCUT2D eigenvalue weighted by molar-refractivity contribution is -0.122. The van der Waals surface area contributed by atoms with Crippen molar-refractivity contribution in [3.05, 3.63) is 45.8 Å². The number of nitrogens with one attached hydrogen (secondary N) is 1. The van der Waals surface area contributed by atoms with E-state index in [0.717, 1.165) is 22.9 Å². The fourth-order valence-corrected chi connectivity index (χ4v) is 5.07. The summed E-state index contributed by atoms with van der Waals surface area (Å²) in [6.07, 6.45) is 1.31. The van der Waals surface area contributed by atoms with Crippen molar-refractivity contribution in [1.82, 2.24) is 10.2 Å². The number of benzene rings is 1. The molecule has 1 atom stereocenters. The monoisotopic (exact) mass is 392 g/mol. The van der Waals surface area contributed by atoms with E-state index in [1.807, 2.05) is 25.1 Å². The fraction of sp³-hybridized carbons (Fsp3) is 0.474. The minimum atomic E-state index is -3.03. The molecule has 27 heavy (non-hydrogen) atoms.